The van der Waals surface area contributed by atoms with Crippen LogP contribution in [0, 0.1) is 5.41 Å². The van der Waals surface area contributed by atoms with Crippen LogP contribution in [0.25, 0.3) is 5.57 Å². The summed E-state index contributed by atoms with van der Waals surface area (Å²) in [5.74, 6) is -0.639. The molecule has 4 aromatic rings. The predicted octanol–water partition coefficient (Wildman–Crippen LogP) is 8.59. The molecule has 4 aromatic carbocycles. The number of benzene rings is 4. The van der Waals surface area contributed by atoms with Crippen molar-refractivity contribution in [3.05, 3.63) is 119 Å². The quantitative estimate of drug-likeness (QED) is 0.111. The molecule has 1 aliphatic carbocycles. The van der Waals surface area contributed by atoms with Gasteiger partial charge in [-0.3, -0.25) is 14.6 Å². The predicted molar refractivity (Wildman–Crippen MR) is 250 cm³/mol. The van der Waals surface area contributed by atoms with E-state index in [9.17, 15) is 34.8 Å². The highest BCUT2D eigenvalue weighted by Crippen LogP contribution is 2.46. The molecule has 2 unspecified atom stereocenters. The summed E-state index contributed by atoms with van der Waals surface area (Å²) in [6, 6.07) is 26.3. The number of ether oxygens (including phenoxy) is 1. The molecule has 4 aliphatic rings. The topological polar surface area (TPSA) is 128 Å². The van der Waals surface area contributed by atoms with Gasteiger partial charge in [0.1, 0.15) is 4.90 Å². The normalized spacial score (nSPS) is 20.2. The Bertz CT molecular complexity index is 2550. The fraction of sp³-hybridized carbons (Fsp3) is 0.426. The molecule has 2 atom stereocenters. The molecule has 2 N–H and O–H groups in total. The maximum atomic E-state index is 14.2. The summed E-state index contributed by atoms with van der Waals surface area (Å²) in [5.41, 5.74) is -2.38. The first kappa shape index (κ1) is 47.4. The highest BCUT2D eigenvalue weighted by molar-refractivity contribution is 7.99. The number of alkyl halides is 3. The van der Waals surface area contributed by atoms with E-state index in [0.29, 0.717) is 57.1 Å². The molecule has 3 aliphatic heterocycles. The number of sulfone groups is 1. The summed E-state index contributed by atoms with van der Waals surface area (Å²) >= 11 is 7.62. The average Bonchev–Trinajstić information content (AvgIpc) is 3.29. The molecule has 1 spiro atoms. The summed E-state index contributed by atoms with van der Waals surface area (Å²) in [6.45, 7) is 6.76. The van der Waals surface area contributed by atoms with Crippen molar-refractivity contribution in [2.75, 3.05) is 75.0 Å². The minimum Gasteiger partial charge on any atom is -0.380 e. The number of allylic oxidation sites excluding steroid dienone is 1. The Morgan fingerprint density at radius 1 is 0.892 bits per heavy atom. The van der Waals surface area contributed by atoms with Crippen molar-refractivity contribution < 1.29 is 39.5 Å². The zero-order chi connectivity index (χ0) is 45.8. The number of amides is 1. The molecule has 18 heteroatoms. The Morgan fingerprint density at radius 2 is 1.58 bits per heavy atom. The number of morpholine rings is 1. The van der Waals surface area contributed by atoms with Crippen LogP contribution >= 0.6 is 23.4 Å². The Kier molecular flexibility index (Phi) is 14.6. The van der Waals surface area contributed by atoms with Gasteiger partial charge in [0.15, 0.2) is 0 Å². The number of piperidine rings is 1. The first-order chi connectivity index (χ1) is 31.1. The maximum absolute atomic E-state index is 14.2. The lowest BCUT2D eigenvalue weighted by Crippen LogP contribution is -2.63. The SMILES string of the molecule is O=C(NS(=O)(=O)c1ccc(NC(CCN2CCOCC2)CSc2ccccc2)c(S(=O)(=O)C(F)(F)F)c1)c1ccc(N2CCC3(CC2)CN(C2CCCC=C2c2ccc(Cl)cc2)C3)cc1. The van der Waals surface area contributed by atoms with Gasteiger partial charge in [-0.1, -0.05) is 48.0 Å². The minimum atomic E-state index is -6.05. The first-order valence-electron chi connectivity index (χ1n) is 21.9. The summed E-state index contributed by atoms with van der Waals surface area (Å²) in [4.78, 5) is 19.2. The minimum absolute atomic E-state index is 0.0120. The van der Waals surface area contributed by atoms with E-state index >= 15 is 0 Å². The molecule has 65 heavy (non-hydrogen) atoms. The molecular weight excluding hydrogens is 919 g/mol. The molecule has 0 radical (unpaired) electrons. The zero-order valence-corrected chi connectivity index (χ0v) is 39.0. The second-order valence-electron chi connectivity index (χ2n) is 17.3. The summed E-state index contributed by atoms with van der Waals surface area (Å²) in [7, 11) is -10.9. The Morgan fingerprint density at radius 3 is 2.26 bits per heavy atom. The number of hydrogen-bond donors (Lipinski definition) is 2. The molecule has 348 valence electrons. The number of nitrogens with zero attached hydrogens (tertiary/aromatic N) is 3. The number of hydrogen-bond acceptors (Lipinski definition) is 11. The van der Waals surface area contributed by atoms with E-state index in [2.05, 4.69) is 38.2 Å². The van der Waals surface area contributed by atoms with Gasteiger partial charge < -0.3 is 15.0 Å². The van der Waals surface area contributed by atoms with Gasteiger partial charge in [0, 0.05) is 84.8 Å². The Hall–Kier alpha value is -4.10. The fourth-order valence-corrected chi connectivity index (χ4v) is 12.4. The third-order valence-electron chi connectivity index (χ3n) is 13.0. The van der Waals surface area contributed by atoms with Crippen molar-refractivity contribution in [1.82, 2.24) is 14.5 Å². The van der Waals surface area contributed by atoms with E-state index < -0.39 is 52.8 Å². The smallest absolute Gasteiger partial charge is 0.380 e. The Labute approximate surface area is 388 Å². The second kappa shape index (κ2) is 20.0. The number of nitrogens with one attached hydrogen (secondary N) is 2. The first-order valence-corrected chi connectivity index (χ1v) is 26.2. The number of thioether (sulfide) groups is 1. The number of likely N-dealkylation sites (tertiary alicyclic amines) is 1. The summed E-state index contributed by atoms with van der Waals surface area (Å²) < 4.78 is 103. The zero-order valence-electron chi connectivity index (χ0n) is 35.8. The molecule has 1 amide bonds. The number of carbonyl (C=O) groups is 1. The van der Waals surface area contributed by atoms with E-state index in [4.69, 9.17) is 16.3 Å². The van der Waals surface area contributed by atoms with Crippen LogP contribution in [-0.4, -0.2) is 115 Å². The summed E-state index contributed by atoms with van der Waals surface area (Å²) in [6.07, 6.45) is 8.23. The van der Waals surface area contributed by atoms with E-state index in [1.807, 2.05) is 47.2 Å². The Balaban J connectivity index is 0.909. The molecule has 3 saturated heterocycles. The highest BCUT2D eigenvalue weighted by Gasteiger charge is 2.49. The van der Waals surface area contributed by atoms with E-state index in [1.54, 1.807) is 12.1 Å². The molecule has 0 aromatic heterocycles. The lowest BCUT2D eigenvalue weighted by Gasteiger charge is -2.57. The molecule has 8 rings (SSSR count). The van der Waals surface area contributed by atoms with Crippen LogP contribution in [0.3, 0.4) is 0 Å². The van der Waals surface area contributed by atoms with Crippen molar-refractivity contribution in [2.45, 2.75) is 70.8 Å². The van der Waals surface area contributed by atoms with Crippen LogP contribution in [0.1, 0.15) is 54.4 Å². The largest absolute Gasteiger partial charge is 0.501 e. The van der Waals surface area contributed by atoms with Gasteiger partial charge in [-0.05, 0) is 122 Å². The number of anilines is 2. The number of halogens is 4. The van der Waals surface area contributed by atoms with Crippen molar-refractivity contribution in [3.63, 3.8) is 0 Å². The van der Waals surface area contributed by atoms with Gasteiger partial charge in [-0.15, -0.1) is 11.8 Å². The van der Waals surface area contributed by atoms with Crippen LogP contribution in [0.5, 0.6) is 0 Å². The maximum Gasteiger partial charge on any atom is 0.501 e. The molecule has 3 heterocycles. The lowest BCUT2D eigenvalue weighted by atomic mass is 9.70. The van der Waals surface area contributed by atoms with Crippen molar-refractivity contribution >= 4 is 66.1 Å². The lowest BCUT2D eigenvalue weighted by molar-refractivity contribution is -0.0435. The van der Waals surface area contributed by atoms with E-state index in [1.165, 1.54) is 41.5 Å². The molecule has 3 fully saturated rings. The third-order valence-corrected chi connectivity index (χ3v) is 17.2. The third kappa shape index (κ3) is 11.2. The van der Waals surface area contributed by atoms with E-state index in [-0.39, 0.29) is 11.0 Å². The second-order valence-corrected chi connectivity index (χ2v) is 22.4. The van der Waals surface area contributed by atoms with Crippen LogP contribution in [-0.2, 0) is 24.6 Å². The molecular formula is C47H53ClF3N5O6S3. The van der Waals surface area contributed by atoms with Crippen LogP contribution in [0.2, 0.25) is 5.02 Å². The fourth-order valence-electron chi connectivity index (χ4n) is 9.28. The molecule has 11 nitrogen and oxygen atoms in total. The van der Waals surface area contributed by atoms with Crippen LogP contribution in [0.4, 0.5) is 24.5 Å². The van der Waals surface area contributed by atoms with Gasteiger partial charge in [-0.2, -0.15) is 13.2 Å². The van der Waals surface area contributed by atoms with Gasteiger partial charge in [-0.25, -0.2) is 21.6 Å². The number of carbonyl (C=O) groups excluding carboxylic acids is 1. The summed E-state index contributed by atoms with van der Waals surface area (Å²) in [5, 5.41) is 3.73. The monoisotopic (exact) mass is 971 g/mol. The average molecular weight is 973 g/mol. The van der Waals surface area contributed by atoms with Gasteiger partial charge in [0.25, 0.3) is 25.8 Å². The van der Waals surface area contributed by atoms with Gasteiger partial charge >= 0.3 is 5.51 Å². The van der Waals surface area contributed by atoms with Crippen molar-refractivity contribution in [2.24, 2.45) is 5.41 Å². The molecule has 0 bridgehead atoms. The van der Waals surface area contributed by atoms with Gasteiger partial charge in [0.2, 0.25) is 0 Å². The standard InChI is InChI=1S/C47H53ClF3N5O6S3/c48-36-14-10-34(11-15-36)41-8-4-5-9-43(41)56-32-46(33-56)21-24-55(25-22-46)38-16-12-35(13-17-38)45(57)53-65(60,61)40-18-19-42(44(30-40)64(58,59)47(49,50)51)52-37(20-23-54-26-28-62-29-27-54)31-63-39-6-2-1-3-7-39/h1-3,6-8,10-19,30,37,43,52H,4-5,9,20-29,31-33H2,(H,53,57). The number of sulfonamides is 1. The van der Waals surface area contributed by atoms with Crippen molar-refractivity contribution in [3.8, 4) is 0 Å². The highest BCUT2D eigenvalue weighted by atomic mass is 35.5. The van der Waals surface area contributed by atoms with Crippen LogP contribution in [0.15, 0.2) is 118 Å². The molecule has 0 saturated carbocycles. The van der Waals surface area contributed by atoms with E-state index in [0.717, 1.165) is 79.6 Å². The van der Waals surface area contributed by atoms with Crippen LogP contribution < -0.4 is 14.9 Å². The van der Waals surface area contributed by atoms with Crippen molar-refractivity contribution in [1.29, 1.82) is 0 Å². The number of rotatable bonds is 15. The van der Waals surface area contributed by atoms with Gasteiger partial charge in [0.05, 0.1) is 23.8 Å².